The fourth-order valence-electron chi connectivity index (χ4n) is 2.75. The highest BCUT2D eigenvalue weighted by atomic mass is 16.3. The van der Waals surface area contributed by atoms with Crippen LogP contribution in [0.25, 0.3) is 0 Å². The average Bonchev–Trinajstić information content (AvgIpc) is 3.01. The molecular formula is C12H14N2O2. The third kappa shape index (κ3) is 1.64. The summed E-state index contributed by atoms with van der Waals surface area (Å²) in [7, 11) is 0. The van der Waals surface area contributed by atoms with Crippen molar-refractivity contribution in [2.75, 3.05) is 0 Å². The van der Waals surface area contributed by atoms with E-state index in [1.165, 1.54) is 25.5 Å². The molecule has 1 N–H and O–H groups in total. The van der Waals surface area contributed by atoms with Gasteiger partial charge in [-0.1, -0.05) is 0 Å². The smallest absolute Gasteiger partial charge is 0.307 e. The van der Waals surface area contributed by atoms with Crippen LogP contribution in [0.15, 0.2) is 27.9 Å². The predicted molar refractivity (Wildman–Crippen MR) is 59.1 cm³/mol. The zero-order valence-corrected chi connectivity index (χ0v) is 8.98. The number of carbonyl (C=O) groups is 1. The monoisotopic (exact) mass is 218 g/mol. The van der Waals surface area contributed by atoms with Gasteiger partial charge in [0.05, 0.1) is 6.26 Å². The van der Waals surface area contributed by atoms with Crippen LogP contribution >= 0.6 is 0 Å². The van der Waals surface area contributed by atoms with Crippen LogP contribution in [0.5, 0.6) is 0 Å². The van der Waals surface area contributed by atoms with Gasteiger partial charge in [-0.3, -0.25) is 4.79 Å². The van der Waals surface area contributed by atoms with E-state index >= 15 is 0 Å². The lowest BCUT2D eigenvalue weighted by atomic mass is 9.99. The molecule has 2 unspecified atom stereocenters. The highest BCUT2D eigenvalue weighted by Gasteiger charge is 2.36. The first kappa shape index (κ1) is 9.63. The summed E-state index contributed by atoms with van der Waals surface area (Å²) in [6.07, 6.45) is 6.37. The second-order valence-electron chi connectivity index (χ2n) is 4.60. The van der Waals surface area contributed by atoms with Gasteiger partial charge in [-0.2, -0.15) is 5.10 Å². The molecule has 0 radical (unpaired) electrons. The van der Waals surface area contributed by atoms with Gasteiger partial charge in [-0.25, -0.2) is 5.43 Å². The molecule has 1 aromatic rings. The van der Waals surface area contributed by atoms with Crippen LogP contribution in [0.2, 0.25) is 0 Å². The first-order valence-corrected chi connectivity index (χ1v) is 5.73. The predicted octanol–water partition coefficient (Wildman–Crippen LogP) is 2.19. The molecule has 4 nitrogen and oxygen atoms in total. The quantitative estimate of drug-likeness (QED) is 0.773. The first-order chi connectivity index (χ1) is 7.83. The summed E-state index contributed by atoms with van der Waals surface area (Å²) in [5.41, 5.74) is 3.73. The number of rotatable bonds is 2. The summed E-state index contributed by atoms with van der Waals surface area (Å²) in [4.78, 5) is 11.6. The SMILES string of the molecule is O=C(NN=C1CC2CCC1C2)c1ccco1. The van der Waals surface area contributed by atoms with Crippen molar-refractivity contribution >= 4 is 11.6 Å². The summed E-state index contributed by atoms with van der Waals surface area (Å²) in [5.74, 6) is 1.47. The Bertz CT molecular complexity index is 422. The van der Waals surface area contributed by atoms with Gasteiger partial charge in [0.2, 0.25) is 0 Å². The van der Waals surface area contributed by atoms with Crippen molar-refractivity contribution in [1.82, 2.24) is 5.43 Å². The Balaban J connectivity index is 1.64. The Morgan fingerprint density at radius 3 is 3.06 bits per heavy atom. The molecule has 0 spiro atoms. The number of hydrazone groups is 1. The Morgan fingerprint density at radius 2 is 2.44 bits per heavy atom. The number of carbonyl (C=O) groups excluding carboxylic acids is 1. The topological polar surface area (TPSA) is 54.6 Å². The largest absolute Gasteiger partial charge is 0.459 e. The molecule has 1 heterocycles. The summed E-state index contributed by atoms with van der Waals surface area (Å²) in [6, 6.07) is 3.33. The van der Waals surface area contributed by atoms with Crippen molar-refractivity contribution in [3.05, 3.63) is 24.2 Å². The van der Waals surface area contributed by atoms with Crippen molar-refractivity contribution in [1.29, 1.82) is 0 Å². The molecule has 0 aliphatic heterocycles. The summed E-state index contributed by atoms with van der Waals surface area (Å²) in [5, 5.41) is 4.22. The number of amides is 1. The number of hydrogen-bond acceptors (Lipinski definition) is 3. The van der Waals surface area contributed by atoms with Gasteiger partial charge in [-0.15, -0.1) is 0 Å². The van der Waals surface area contributed by atoms with Crippen LogP contribution in [-0.2, 0) is 0 Å². The molecule has 1 aromatic heterocycles. The van der Waals surface area contributed by atoms with Crippen molar-refractivity contribution < 1.29 is 9.21 Å². The highest BCUT2D eigenvalue weighted by molar-refractivity contribution is 5.94. The Labute approximate surface area is 93.7 Å². The number of hydrogen-bond donors (Lipinski definition) is 1. The molecular weight excluding hydrogens is 204 g/mol. The van der Waals surface area contributed by atoms with Crippen molar-refractivity contribution in [3.63, 3.8) is 0 Å². The molecule has 2 saturated carbocycles. The van der Waals surface area contributed by atoms with E-state index < -0.39 is 0 Å². The number of fused-ring (bicyclic) bond motifs is 2. The minimum Gasteiger partial charge on any atom is -0.459 e. The van der Waals surface area contributed by atoms with Crippen LogP contribution in [0, 0.1) is 11.8 Å². The number of furan rings is 1. The van der Waals surface area contributed by atoms with E-state index in [-0.39, 0.29) is 5.91 Å². The zero-order chi connectivity index (χ0) is 11.0. The zero-order valence-electron chi connectivity index (χ0n) is 8.98. The molecule has 3 rings (SSSR count). The van der Waals surface area contributed by atoms with E-state index in [4.69, 9.17) is 4.42 Å². The average molecular weight is 218 g/mol. The van der Waals surface area contributed by atoms with Gasteiger partial charge in [0.25, 0.3) is 0 Å². The lowest BCUT2D eigenvalue weighted by Crippen LogP contribution is -2.21. The van der Waals surface area contributed by atoms with E-state index in [2.05, 4.69) is 10.5 Å². The van der Waals surface area contributed by atoms with Gasteiger partial charge in [-0.05, 0) is 49.7 Å². The van der Waals surface area contributed by atoms with E-state index in [9.17, 15) is 4.79 Å². The van der Waals surface area contributed by atoms with Gasteiger partial charge < -0.3 is 4.42 Å². The fourth-order valence-corrected chi connectivity index (χ4v) is 2.75. The fraction of sp³-hybridized carbons (Fsp3) is 0.500. The van der Waals surface area contributed by atoms with E-state index in [0.717, 1.165) is 18.1 Å². The molecule has 0 saturated heterocycles. The van der Waals surface area contributed by atoms with Crippen LogP contribution in [0.1, 0.15) is 36.2 Å². The normalized spacial score (nSPS) is 29.9. The van der Waals surface area contributed by atoms with Crippen LogP contribution in [0.4, 0.5) is 0 Å². The van der Waals surface area contributed by atoms with Crippen LogP contribution in [-0.4, -0.2) is 11.6 Å². The van der Waals surface area contributed by atoms with E-state index in [1.54, 1.807) is 12.1 Å². The molecule has 4 heteroatoms. The molecule has 0 aromatic carbocycles. The first-order valence-electron chi connectivity index (χ1n) is 5.73. The molecule has 2 atom stereocenters. The van der Waals surface area contributed by atoms with E-state index in [0.29, 0.717) is 11.7 Å². The van der Waals surface area contributed by atoms with Gasteiger partial charge in [0.15, 0.2) is 5.76 Å². The van der Waals surface area contributed by atoms with Gasteiger partial charge in [0, 0.05) is 5.71 Å². The Hall–Kier alpha value is -1.58. The maximum absolute atomic E-state index is 11.6. The Kier molecular flexibility index (Phi) is 2.27. The third-order valence-electron chi connectivity index (χ3n) is 3.56. The van der Waals surface area contributed by atoms with E-state index in [1.807, 2.05) is 0 Å². The van der Waals surface area contributed by atoms with Crippen LogP contribution < -0.4 is 5.43 Å². The molecule has 2 aliphatic carbocycles. The Morgan fingerprint density at radius 1 is 1.50 bits per heavy atom. The molecule has 1 amide bonds. The lowest BCUT2D eigenvalue weighted by molar-refractivity contribution is 0.0927. The summed E-state index contributed by atoms with van der Waals surface area (Å²) in [6.45, 7) is 0. The lowest BCUT2D eigenvalue weighted by Gasteiger charge is -2.11. The molecule has 16 heavy (non-hydrogen) atoms. The van der Waals surface area contributed by atoms with Gasteiger partial charge >= 0.3 is 5.91 Å². The van der Waals surface area contributed by atoms with Crippen molar-refractivity contribution in [3.8, 4) is 0 Å². The minimum atomic E-state index is -0.264. The number of nitrogens with one attached hydrogen (secondary N) is 1. The van der Waals surface area contributed by atoms with Gasteiger partial charge in [0.1, 0.15) is 0 Å². The summed E-state index contributed by atoms with van der Waals surface area (Å²) < 4.78 is 4.99. The summed E-state index contributed by atoms with van der Waals surface area (Å²) >= 11 is 0. The van der Waals surface area contributed by atoms with Crippen LogP contribution in [0.3, 0.4) is 0 Å². The second-order valence-corrected chi connectivity index (χ2v) is 4.60. The molecule has 2 bridgehead atoms. The highest BCUT2D eigenvalue weighted by Crippen LogP contribution is 2.42. The minimum absolute atomic E-state index is 0.264. The molecule has 2 aliphatic rings. The maximum atomic E-state index is 11.6. The number of nitrogens with zero attached hydrogens (tertiary/aromatic N) is 1. The third-order valence-corrected chi connectivity index (χ3v) is 3.56. The van der Waals surface area contributed by atoms with Crippen molar-refractivity contribution in [2.24, 2.45) is 16.9 Å². The standard InChI is InChI=1S/C12H14N2O2/c15-12(11-2-1-5-16-11)14-13-10-7-8-3-4-9(10)6-8/h1-2,5,8-9H,3-4,6-7H2,(H,14,15). The molecule has 84 valence electrons. The molecule has 2 fully saturated rings. The maximum Gasteiger partial charge on any atom is 0.307 e. The second kappa shape index (κ2) is 3.77. The van der Waals surface area contributed by atoms with Crippen molar-refractivity contribution in [2.45, 2.75) is 25.7 Å².